The Labute approximate surface area is 114 Å². The molecule has 1 fully saturated rings. The fourth-order valence-electron chi connectivity index (χ4n) is 2.52. The first-order valence-corrected chi connectivity index (χ1v) is 6.92. The first-order chi connectivity index (χ1) is 9.29. The lowest BCUT2D eigenvalue weighted by molar-refractivity contribution is -0.127. The van der Waals surface area contributed by atoms with E-state index in [1.54, 1.807) is 6.08 Å². The summed E-state index contributed by atoms with van der Waals surface area (Å²) in [4.78, 5) is 14.0. The van der Waals surface area contributed by atoms with Gasteiger partial charge in [-0.05, 0) is 36.8 Å². The molecule has 1 N–H and O–H groups in total. The fourth-order valence-corrected chi connectivity index (χ4v) is 2.52. The van der Waals surface area contributed by atoms with Crippen LogP contribution in [0.25, 0.3) is 6.08 Å². The van der Waals surface area contributed by atoms with Gasteiger partial charge in [-0.15, -0.1) is 0 Å². The first kappa shape index (κ1) is 13.8. The Kier molecular flexibility index (Phi) is 5.16. The van der Waals surface area contributed by atoms with E-state index in [0.29, 0.717) is 5.92 Å². The molecule has 0 spiro atoms. The fraction of sp³-hybridized carbons (Fsp3) is 0.438. The smallest absolute Gasteiger partial charge is 0.246 e. The van der Waals surface area contributed by atoms with Crippen LogP contribution in [0.1, 0.15) is 24.8 Å². The zero-order chi connectivity index (χ0) is 13.5. The van der Waals surface area contributed by atoms with Crippen LogP contribution in [0.3, 0.4) is 0 Å². The van der Waals surface area contributed by atoms with Gasteiger partial charge in [0.25, 0.3) is 0 Å². The Morgan fingerprint density at radius 2 is 2.16 bits per heavy atom. The maximum atomic E-state index is 12.1. The summed E-state index contributed by atoms with van der Waals surface area (Å²) < 4.78 is 0. The van der Waals surface area contributed by atoms with E-state index in [1.807, 2.05) is 41.3 Å². The summed E-state index contributed by atoms with van der Waals surface area (Å²) in [6.45, 7) is 1.82. The number of piperidine rings is 1. The summed E-state index contributed by atoms with van der Waals surface area (Å²) >= 11 is 0. The van der Waals surface area contributed by atoms with Gasteiger partial charge in [0.15, 0.2) is 0 Å². The number of carbonyl (C=O) groups is 1. The third-order valence-corrected chi connectivity index (χ3v) is 3.59. The Balaban J connectivity index is 1.90. The van der Waals surface area contributed by atoms with E-state index in [4.69, 9.17) is 5.11 Å². The number of aliphatic hydroxyl groups excluding tert-OH is 1. The van der Waals surface area contributed by atoms with Crippen molar-refractivity contribution in [3.63, 3.8) is 0 Å². The highest BCUT2D eigenvalue weighted by atomic mass is 16.3. The molecule has 0 radical (unpaired) electrons. The average Bonchev–Trinajstić information content (AvgIpc) is 2.46. The number of carbonyl (C=O) groups excluding carboxylic acids is 1. The van der Waals surface area contributed by atoms with Crippen molar-refractivity contribution < 1.29 is 9.90 Å². The first-order valence-electron chi connectivity index (χ1n) is 6.92. The van der Waals surface area contributed by atoms with Crippen LogP contribution >= 0.6 is 0 Å². The molecule has 0 aliphatic carbocycles. The second-order valence-corrected chi connectivity index (χ2v) is 5.05. The second kappa shape index (κ2) is 7.10. The minimum absolute atomic E-state index is 0.0755. The van der Waals surface area contributed by atoms with E-state index >= 15 is 0 Å². The molecule has 0 aromatic heterocycles. The van der Waals surface area contributed by atoms with E-state index in [1.165, 1.54) is 0 Å². The SMILES string of the molecule is O=C(C=Cc1ccccc1)N1CCCC(CCO)C1. The minimum atomic E-state index is 0.0755. The predicted octanol–water partition coefficient (Wildman–Crippen LogP) is 2.32. The molecule has 2 rings (SSSR count). The molecule has 3 heteroatoms. The van der Waals surface area contributed by atoms with Gasteiger partial charge in [0.05, 0.1) is 0 Å². The van der Waals surface area contributed by atoms with Crippen molar-refractivity contribution in [1.29, 1.82) is 0 Å². The zero-order valence-corrected chi connectivity index (χ0v) is 11.2. The van der Waals surface area contributed by atoms with Crippen LogP contribution in [-0.2, 0) is 4.79 Å². The van der Waals surface area contributed by atoms with Crippen molar-refractivity contribution >= 4 is 12.0 Å². The summed E-state index contributed by atoms with van der Waals surface area (Å²) in [5.74, 6) is 0.527. The normalized spacial score (nSPS) is 19.8. The van der Waals surface area contributed by atoms with Crippen LogP contribution in [-0.4, -0.2) is 35.6 Å². The molecule has 3 nitrogen and oxygen atoms in total. The number of hydrogen-bond acceptors (Lipinski definition) is 2. The molecule has 1 amide bonds. The molecule has 102 valence electrons. The van der Waals surface area contributed by atoms with Crippen molar-refractivity contribution in [1.82, 2.24) is 4.90 Å². The molecule has 1 aliphatic heterocycles. The second-order valence-electron chi connectivity index (χ2n) is 5.05. The molecule has 1 unspecified atom stereocenters. The van der Waals surface area contributed by atoms with Gasteiger partial charge in [0, 0.05) is 25.8 Å². The van der Waals surface area contributed by atoms with Gasteiger partial charge in [-0.25, -0.2) is 0 Å². The van der Waals surface area contributed by atoms with Crippen LogP contribution in [0, 0.1) is 5.92 Å². The summed E-state index contributed by atoms with van der Waals surface area (Å²) in [6.07, 6.45) is 6.46. The van der Waals surface area contributed by atoms with Crippen molar-refractivity contribution in [2.24, 2.45) is 5.92 Å². The summed E-state index contributed by atoms with van der Waals surface area (Å²) in [5.41, 5.74) is 1.04. The van der Waals surface area contributed by atoms with Gasteiger partial charge >= 0.3 is 0 Å². The molecule has 19 heavy (non-hydrogen) atoms. The zero-order valence-electron chi connectivity index (χ0n) is 11.2. The number of amides is 1. The standard InChI is InChI=1S/C16H21NO2/c18-12-10-15-7-4-11-17(13-15)16(19)9-8-14-5-2-1-3-6-14/h1-3,5-6,8-9,15,18H,4,7,10-13H2. The molecular formula is C16H21NO2. The van der Waals surface area contributed by atoms with Crippen molar-refractivity contribution in [2.75, 3.05) is 19.7 Å². The number of rotatable bonds is 4. The minimum Gasteiger partial charge on any atom is -0.396 e. The van der Waals surface area contributed by atoms with E-state index in [0.717, 1.165) is 37.9 Å². The van der Waals surface area contributed by atoms with E-state index in [9.17, 15) is 4.79 Å². The third-order valence-electron chi connectivity index (χ3n) is 3.59. The predicted molar refractivity (Wildman–Crippen MR) is 76.5 cm³/mol. The van der Waals surface area contributed by atoms with E-state index in [2.05, 4.69) is 0 Å². The van der Waals surface area contributed by atoms with Crippen LogP contribution in [0.4, 0.5) is 0 Å². The Bertz CT molecular complexity index is 426. The third kappa shape index (κ3) is 4.21. The maximum Gasteiger partial charge on any atom is 0.246 e. The van der Waals surface area contributed by atoms with Crippen molar-refractivity contribution in [3.8, 4) is 0 Å². The number of hydrogen-bond donors (Lipinski definition) is 1. The quantitative estimate of drug-likeness (QED) is 0.843. The van der Waals surface area contributed by atoms with Gasteiger partial charge < -0.3 is 10.0 Å². The van der Waals surface area contributed by atoms with Gasteiger partial charge in [0.2, 0.25) is 5.91 Å². The lowest BCUT2D eigenvalue weighted by Gasteiger charge is -2.31. The monoisotopic (exact) mass is 259 g/mol. The van der Waals surface area contributed by atoms with Crippen LogP contribution < -0.4 is 0 Å². The number of nitrogens with zero attached hydrogens (tertiary/aromatic N) is 1. The Hall–Kier alpha value is -1.61. The van der Waals surface area contributed by atoms with Crippen molar-refractivity contribution in [3.05, 3.63) is 42.0 Å². The van der Waals surface area contributed by atoms with Crippen LogP contribution in [0.2, 0.25) is 0 Å². The summed E-state index contributed by atoms with van der Waals surface area (Å²) in [7, 11) is 0. The van der Waals surface area contributed by atoms with E-state index < -0.39 is 0 Å². The van der Waals surface area contributed by atoms with E-state index in [-0.39, 0.29) is 12.5 Å². The molecule has 0 bridgehead atoms. The molecule has 1 heterocycles. The molecule has 1 aromatic rings. The molecular weight excluding hydrogens is 238 g/mol. The van der Waals surface area contributed by atoms with Gasteiger partial charge in [-0.3, -0.25) is 4.79 Å². The average molecular weight is 259 g/mol. The highest BCUT2D eigenvalue weighted by molar-refractivity contribution is 5.91. The van der Waals surface area contributed by atoms with Crippen molar-refractivity contribution in [2.45, 2.75) is 19.3 Å². The highest BCUT2D eigenvalue weighted by Crippen LogP contribution is 2.19. The molecule has 1 aromatic carbocycles. The molecule has 1 saturated heterocycles. The van der Waals surface area contributed by atoms with Crippen LogP contribution in [0.15, 0.2) is 36.4 Å². The lowest BCUT2D eigenvalue weighted by Crippen LogP contribution is -2.39. The van der Waals surface area contributed by atoms with Gasteiger partial charge in [0.1, 0.15) is 0 Å². The summed E-state index contributed by atoms with van der Waals surface area (Å²) in [6, 6.07) is 9.84. The summed E-state index contributed by atoms with van der Waals surface area (Å²) in [5, 5.41) is 8.98. The number of aliphatic hydroxyl groups is 1. The Morgan fingerprint density at radius 3 is 2.89 bits per heavy atom. The lowest BCUT2D eigenvalue weighted by atomic mass is 9.95. The molecule has 0 saturated carbocycles. The maximum absolute atomic E-state index is 12.1. The molecule has 1 atom stereocenters. The Morgan fingerprint density at radius 1 is 1.37 bits per heavy atom. The topological polar surface area (TPSA) is 40.5 Å². The largest absolute Gasteiger partial charge is 0.396 e. The van der Waals surface area contributed by atoms with Crippen LogP contribution in [0.5, 0.6) is 0 Å². The molecule has 1 aliphatic rings. The number of benzene rings is 1. The van der Waals surface area contributed by atoms with Gasteiger partial charge in [-0.2, -0.15) is 0 Å². The van der Waals surface area contributed by atoms with Gasteiger partial charge in [-0.1, -0.05) is 30.3 Å². The highest BCUT2D eigenvalue weighted by Gasteiger charge is 2.21. The number of likely N-dealkylation sites (tertiary alicyclic amines) is 1.